The summed E-state index contributed by atoms with van der Waals surface area (Å²) in [5.74, 6) is 0.0417. The zero-order chi connectivity index (χ0) is 13.7. The Labute approximate surface area is 113 Å². The molecule has 0 fully saturated rings. The molecule has 0 atom stereocenters. The highest BCUT2D eigenvalue weighted by molar-refractivity contribution is 5.78. The van der Waals surface area contributed by atoms with Crippen molar-refractivity contribution in [2.45, 2.75) is 26.8 Å². The van der Waals surface area contributed by atoms with Crippen molar-refractivity contribution in [2.75, 3.05) is 0 Å². The fourth-order valence-corrected chi connectivity index (χ4v) is 1.86. The van der Waals surface area contributed by atoms with Crippen molar-refractivity contribution < 1.29 is 4.79 Å². The summed E-state index contributed by atoms with van der Waals surface area (Å²) >= 11 is 0. The van der Waals surface area contributed by atoms with Gasteiger partial charge in [-0.3, -0.25) is 9.78 Å². The number of carbonyl (C=O) groups is 1. The molecular formula is C16H18N2O. The van der Waals surface area contributed by atoms with E-state index in [4.69, 9.17) is 0 Å². The lowest BCUT2D eigenvalue weighted by Gasteiger charge is -2.07. The molecule has 1 amide bonds. The fourth-order valence-electron chi connectivity index (χ4n) is 1.86. The van der Waals surface area contributed by atoms with Crippen LogP contribution in [-0.2, 0) is 17.8 Å². The van der Waals surface area contributed by atoms with E-state index in [1.165, 1.54) is 11.1 Å². The predicted octanol–water partition coefficient (Wildman–Crippen LogP) is 2.56. The average molecular weight is 254 g/mol. The summed E-state index contributed by atoms with van der Waals surface area (Å²) in [5, 5.41) is 2.91. The Balaban J connectivity index is 1.89. The average Bonchev–Trinajstić information content (AvgIpc) is 2.42. The van der Waals surface area contributed by atoms with Gasteiger partial charge >= 0.3 is 0 Å². The van der Waals surface area contributed by atoms with Gasteiger partial charge in [0.05, 0.1) is 6.42 Å². The third kappa shape index (κ3) is 3.91. The number of pyridine rings is 1. The van der Waals surface area contributed by atoms with Gasteiger partial charge in [0.2, 0.25) is 5.91 Å². The van der Waals surface area contributed by atoms with E-state index in [2.05, 4.69) is 36.3 Å². The quantitative estimate of drug-likeness (QED) is 0.911. The summed E-state index contributed by atoms with van der Waals surface area (Å²) in [6.07, 6.45) is 3.88. The first-order valence-corrected chi connectivity index (χ1v) is 6.37. The van der Waals surface area contributed by atoms with E-state index in [0.29, 0.717) is 13.0 Å². The number of rotatable bonds is 4. The van der Waals surface area contributed by atoms with Crippen LogP contribution in [-0.4, -0.2) is 10.9 Å². The van der Waals surface area contributed by atoms with Gasteiger partial charge in [0.1, 0.15) is 0 Å². The number of aromatic nitrogens is 1. The lowest BCUT2D eigenvalue weighted by molar-refractivity contribution is -0.120. The molecule has 0 bridgehead atoms. The van der Waals surface area contributed by atoms with E-state index in [-0.39, 0.29) is 5.91 Å². The maximum Gasteiger partial charge on any atom is 0.224 e. The molecule has 1 aromatic heterocycles. The van der Waals surface area contributed by atoms with Crippen molar-refractivity contribution >= 4 is 5.91 Å². The first kappa shape index (κ1) is 13.3. The van der Waals surface area contributed by atoms with Gasteiger partial charge in [0, 0.05) is 18.9 Å². The van der Waals surface area contributed by atoms with E-state index < -0.39 is 0 Å². The number of hydrogen-bond donors (Lipinski definition) is 1. The van der Waals surface area contributed by atoms with Crippen molar-refractivity contribution in [2.24, 2.45) is 0 Å². The molecule has 2 rings (SSSR count). The van der Waals surface area contributed by atoms with Gasteiger partial charge < -0.3 is 5.32 Å². The highest BCUT2D eigenvalue weighted by Crippen LogP contribution is 2.10. The van der Waals surface area contributed by atoms with Crippen LogP contribution in [0.2, 0.25) is 0 Å². The summed E-state index contributed by atoms with van der Waals surface area (Å²) in [6.45, 7) is 4.68. The summed E-state index contributed by atoms with van der Waals surface area (Å²) < 4.78 is 0. The van der Waals surface area contributed by atoms with Gasteiger partial charge in [-0.05, 0) is 48.2 Å². The molecule has 19 heavy (non-hydrogen) atoms. The molecule has 1 aromatic carbocycles. The standard InChI is InChI=1S/C16H18N2O/c1-12-3-4-15(9-13(12)2)10-16(19)18-11-14-5-7-17-8-6-14/h3-9H,10-11H2,1-2H3,(H,18,19). The van der Waals surface area contributed by atoms with Crippen LogP contribution in [0.25, 0.3) is 0 Å². The van der Waals surface area contributed by atoms with E-state index in [9.17, 15) is 4.79 Å². The molecular weight excluding hydrogens is 236 g/mol. The molecule has 0 radical (unpaired) electrons. The largest absolute Gasteiger partial charge is 0.352 e. The lowest BCUT2D eigenvalue weighted by Crippen LogP contribution is -2.24. The summed E-state index contributed by atoms with van der Waals surface area (Å²) in [6, 6.07) is 9.93. The van der Waals surface area contributed by atoms with Crippen LogP contribution in [0, 0.1) is 13.8 Å². The van der Waals surface area contributed by atoms with Crippen molar-refractivity contribution in [1.82, 2.24) is 10.3 Å². The highest BCUT2D eigenvalue weighted by Gasteiger charge is 2.04. The van der Waals surface area contributed by atoms with Gasteiger partial charge in [-0.15, -0.1) is 0 Å². The Morgan fingerprint density at radius 3 is 2.47 bits per heavy atom. The van der Waals surface area contributed by atoms with Gasteiger partial charge in [0.25, 0.3) is 0 Å². The predicted molar refractivity (Wildman–Crippen MR) is 75.7 cm³/mol. The second kappa shape index (κ2) is 6.14. The molecule has 0 aliphatic heterocycles. The Hall–Kier alpha value is -2.16. The van der Waals surface area contributed by atoms with Crippen molar-refractivity contribution in [3.63, 3.8) is 0 Å². The molecule has 0 saturated heterocycles. The Morgan fingerprint density at radius 1 is 1.05 bits per heavy atom. The van der Waals surface area contributed by atoms with Gasteiger partial charge in [-0.25, -0.2) is 0 Å². The number of nitrogens with zero attached hydrogens (tertiary/aromatic N) is 1. The zero-order valence-corrected chi connectivity index (χ0v) is 11.3. The molecule has 1 N–H and O–H groups in total. The molecule has 98 valence electrons. The van der Waals surface area contributed by atoms with Crippen LogP contribution < -0.4 is 5.32 Å². The molecule has 3 nitrogen and oxygen atoms in total. The lowest BCUT2D eigenvalue weighted by atomic mass is 10.0. The van der Waals surface area contributed by atoms with Crippen molar-refractivity contribution in [3.8, 4) is 0 Å². The minimum Gasteiger partial charge on any atom is -0.352 e. The SMILES string of the molecule is Cc1ccc(CC(=O)NCc2ccncc2)cc1C. The van der Waals surface area contributed by atoms with Crippen LogP contribution in [0.15, 0.2) is 42.7 Å². The van der Waals surface area contributed by atoms with Crippen LogP contribution in [0.1, 0.15) is 22.3 Å². The maximum absolute atomic E-state index is 11.9. The monoisotopic (exact) mass is 254 g/mol. The second-order valence-electron chi connectivity index (χ2n) is 4.73. The van der Waals surface area contributed by atoms with Gasteiger partial charge in [-0.1, -0.05) is 18.2 Å². The van der Waals surface area contributed by atoms with Gasteiger partial charge in [0.15, 0.2) is 0 Å². The highest BCUT2D eigenvalue weighted by atomic mass is 16.1. The maximum atomic E-state index is 11.9. The smallest absolute Gasteiger partial charge is 0.224 e. The van der Waals surface area contributed by atoms with Crippen LogP contribution in [0.5, 0.6) is 0 Å². The molecule has 0 aliphatic rings. The molecule has 1 heterocycles. The zero-order valence-electron chi connectivity index (χ0n) is 11.3. The third-order valence-corrected chi connectivity index (χ3v) is 3.18. The van der Waals surface area contributed by atoms with E-state index in [0.717, 1.165) is 11.1 Å². The van der Waals surface area contributed by atoms with E-state index in [1.54, 1.807) is 12.4 Å². The molecule has 3 heteroatoms. The van der Waals surface area contributed by atoms with Crippen molar-refractivity contribution in [3.05, 3.63) is 65.0 Å². The normalized spacial score (nSPS) is 10.2. The minimum absolute atomic E-state index is 0.0417. The van der Waals surface area contributed by atoms with Crippen molar-refractivity contribution in [1.29, 1.82) is 0 Å². The number of nitrogens with one attached hydrogen (secondary N) is 1. The van der Waals surface area contributed by atoms with Crippen LogP contribution in [0.4, 0.5) is 0 Å². The molecule has 0 unspecified atom stereocenters. The number of amides is 1. The van der Waals surface area contributed by atoms with Gasteiger partial charge in [-0.2, -0.15) is 0 Å². The summed E-state index contributed by atoms with van der Waals surface area (Å²) in [7, 11) is 0. The Kier molecular flexibility index (Phi) is 4.29. The van der Waals surface area contributed by atoms with Crippen LogP contribution >= 0.6 is 0 Å². The summed E-state index contributed by atoms with van der Waals surface area (Å²) in [4.78, 5) is 15.8. The second-order valence-corrected chi connectivity index (χ2v) is 4.73. The topological polar surface area (TPSA) is 42.0 Å². The molecule has 2 aromatic rings. The molecule has 0 saturated carbocycles. The number of hydrogen-bond acceptors (Lipinski definition) is 2. The number of aryl methyl sites for hydroxylation is 2. The third-order valence-electron chi connectivity index (χ3n) is 3.18. The fraction of sp³-hybridized carbons (Fsp3) is 0.250. The minimum atomic E-state index is 0.0417. The molecule has 0 spiro atoms. The Morgan fingerprint density at radius 2 is 1.79 bits per heavy atom. The number of carbonyl (C=O) groups excluding carboxylic acids is 1. The first-order chi connectivity index (χ1) is 9.15. The van der Waals surface area contributed by atoms with Crippen LogP contribution in [0.3, 0.4) is 0 Å². The van der Waals surface area contributed by atoms with E-state index >= 15 is 0 Å². The summed E-state index contributed by atoms with van der Waals surface area (Å²) in [5.41, 5.74) is 4.58. The van der Waals surface area contributed by atoms with E-state index in [1.807, 2.05) is 18.2 Å². The first-order valence-electron chi connectivity index (χ1n) is 6.37. The number of benzene rings is 1. The Bertz CT molecular complexity index is 564. The molecule has 0 aliphatic carbocycles.